The van der Waals surface area contributed by atoms with Crippen LogP contribution in [0.5, 0.6) is 0 Å². The van der Waals surface area contributed by atoms with Crippen LogP contribution in [0.2, 0.25) is 0 Å². The standard InChI is InChI=1S/C27H35N7O5/c1-10-21(35)19-11-16(2)20(13-28-19)31-23-17(14-33(9)32-23)18-12-22(30-15-29-18)34(24(36)38-26(3,4)5)25(37)39-27(6,7)8/h11-15H,10H2,1-9H3,(H,31,32). The lowest BCUT2D eigenvalue weighted by molar-refractivity contribution is 0.0428. The second-order valence-electron chi connectivity index (χ2n) is 10.9. The van der Waals surface area contributed by atoms with Crippen molar-refractivity contribution < 1.29 is 23.9 Å². The molecule has 0 unspecified atom stereocenters. The highest BCUT2D eigenvalue weighted by molar-refractivity contribution is 6.09. The number of anilines is 3. The zero-order valence-corrected chi connectivity index (χ0v) is 23.8. The van der Waals surface area contributed by atoms with Gasteiger partial charge in [-0.05, 0) is 60.1 Å². The molecule has 0 spiro atoms. The van der Waals surface area contributed by atoms with E-state index in [1.807, 2.05) is 6.92 Å². The van der Waals surface area contributed by atoms with Gasteiger partial charge < -0.3 is 14.8 Å². The molecule has 208 valence electrons. The molecular weight excluding hydrogens is 502 g/mol. The molecular formula is C27H35N7O5. The van der Waals surface area contributed by atoms with Crippen molar-refractivity contribution >= 4 is 35.3 Å². The quantitative estimate of drug-likeness (QED) is 0.395. The molecule has 0 bridgehead atoms. The fraction of sp³-hybridized carbons (Fsp3) is 0.444. The number of pyridine rings is 1. The molecule has 3 aromatic heterocycles. The van der Waals surface area contributed by atoms with Gasteiger partial charge >= 0.3 is 12.2 Å². The number of aryl methyl sites for hydroxylation is 2. The number of rotatable bonds is 6. The summed E-state index contributed by atoms with van der Waals surface area (Å²) in [6.07, 6.45) is 3.04. The van der Waals surface area contributed by atoms with Gasteiger partial charge in [0.25, 0.3) is 0 Å². The van der Waals surface area contributed by atoms with Crippen molar-refractivity contribution in [1.29, 1.82) is 0 Å². The molecule has 0 saturated carbocycles. The van der Waals surface area contributed by atoms with Gasteiger partial charge in [-0.3, -0.25) is 14.5 Å². The van der Waals surface area contributed by atoms with Gasteiger partial charge in [-0.25, -0.2) is 19.6 Å². The topological polar surface area (TPSA) is 141 Å². The number of aromatic nitrogens is 5. The number of carbonyl (C=O) groups is 3. The molecule has 12 heteroatoms. The van der Waals surface area contributed by atoms with Crippen LogP contribution in [-0.2, 0) is 16.5 Å². The van der Waals surface area contributed by atoms with E-state index in [0.717, 1.165) is 10.5 Å². The van der Waals surface area contributed by atoms with E-state index < -0.39 is 23.4 Å². The highest BCUT2D eigenvalue weighted by atomic mass is 16.6. The smallest absolute Gasteiger partial charge is 0.425 e. The molecule has 0 saturated heterocycles. The van der Waals surface area contributed by atoms with Crippen LogP contribution in [0.4, 0.5) is 26.9 Å². The molecule has 0 aliphatic carbocycles. The van der Waals surface area contributed by atoms with Crippen LogP contribution >= 0.6 is 0 Å². The minimum atomic E-state index is -0.936. The predicted octanol–water partition coefficient (Wildman–Crippen LogP) is 5.59. The second-order valence-corrected chi connectivity index (χ2v) is 10.9. The maximum Gasteiger partial charge on any atom is 0.425 e. The molecule has 2 amide bonds. The number of hydrogen-bond donors (Lipinski definition) is 1. The van der Waals surface area contributed by atoms with Crippen molar-refractivity contribution in [3.63, 3.8) is 0 Å². The van der Waals surface area contributed by atoms with Gasteiger partial charge in [0.05, 0.1) is 23.1 Å². The minimum absolute atomic E-state index is 0.0291. The first-order chi connectivity index (χ1) is 18.1. The number of hydrogen-bond acceptors (Lipinski definition) is 10. The summed E-state index contributed by atoms with van der Waals surface area (Å²) in [5.41, 5.74) is 1.09. The number of ether oxygens (including phenoxy) is 2. The monoisotopic (exact) mass is 537 g/mol. The van der Waals surface area contributed by atoms with Crippen molar-refractivity contribution in [3.05, 3.63) is 42.1 Å². The van der Waals surface area contributed by atoms with Gasteiger partial charge in [0.2, 0.25) is 0 Å². The van der Waals surface area contributed by atoms with Crippen LogP contribution in [0.1, 0.15) is 70.9 Å². The van der Waals surface area contributed by atoms with Crippen molar-refractivity contribution in [2.45, 2.75) is 73.0 Å². The van der Waals surface area contributed by atoms with Crippen molar-refractivity contribution in [1.82, 2.24) is 24.7 Å². The van der Waals surface area contributed by atoms with Crippen molar-refractivity contribution in [3.8, 4) is 11.3 Å². The summed E-state index contributed by atoms with van der Waals surface area (Å²) in [7, 11) is 1.75. The van der Waals surface area contributed by atoms with Crippen LogP contribution in [-0.4, -0.2) is 53.9 Å². The Bertz CT molecular complexity index is 1360. The van der Waals surface area contributed by atoms with E-state index in [0.29, 0.717) is 34.9 Å². The van der Waals surface area contributed by atoms with Crippen molar-refractivity contribution in [2.75, 3.05) is 10.2 Å². The Morgan fingerprint density at radius 2 is 1.59 bits per heavy atom. The van der Waals surface area contributed by atoms with Crippen LogP contribution in [0.15, 0.2) is 30.9 Å². The molecule has 0 aliphatic heterocycles. The normalized spacial score (nSPS) is 11.6. The van der Waals surface area contributed by atoms with Crippen LogP contribution < -0.4 is 10.2 Å². The molecule has 3 rings (SSSR count). The largest absolute Gasteiger partial charge is 0.443 e. The van der Waals surface area contributed by atoms with E-state index >= 15 is 0 Å². The van der Waals surface area contributed by atoms with Crippen molar-refractivity contribution in [2.24, 2.45) is 7.05 Å². The van der Waals surface area contributed by atoms with E-state index in [2.05, 4.69) is 25.4 Å². The molecule has 3 aromatic rings. The van der Waals surface area contributed by atoms with Crippen LogP contribution in [0, 0.1) is 6.92 Å². The van der Waals surface area contributed by atoms with E-state index in [1.54, 1.807) is 78.7 Å². The first-order valence-electron chi connectivity index (χ1n) is 12.5. The third-order valence-electron chi connectivity index (χ3n) is 5.11. The molecule has 0 aromatic carbocycles. The number of nitrogens with one attached hydrogen (secondary N) is 1. The Morgan fingerprint density at radius 1 is 0.974 bits per heavy atom. The Morgan fingerprint density at radius 3 is 2.13 bits per heavy atom. The summed E-state index contributed by atoms with van der Waals surface area (Å²) in [5, 5.41) is 7.73. The summed E-state index contributed by atoms with van der Waals surface area (Å²) in [4.78, 5) is 51.7. The van der Waals surface area contributed by atoms with Crippen LogP contribution in [0.3, 0.4) is 0 Å². The lowest BCUT2D eigenvalue weighted by Gasteiger charge is -2.28. The molecule has 0 aliphatic rings. The maximum atomic E-state index is 13.1. The number of amides is 2. The summed E-state index contributed by atoms with van der Waals surface area (Å²) >= 11 is 0. The lowest BCUT2D eigenvalue weighted by atomic mass is 10.1. The molecule has 39 heavy (non-hydrogen) atoms. The summed E-state index contributed by atoms with van der Waals surface area (Å²) in [5.74, 6) is 0.373. The Hall–Kier alpha value is -4.35. The SMILES string of the molecule is CCC(=O)c1cc(C)c(Nc2nn(C)cc2-c2cc(N(C(=O)OC(C)(C)C)C(=O)OC(C)(C)C)ncn2)cn1. The molecule has 0 fully saturated rings. The third-order valence-corrected chi connectivity index (χ3v) is 5.11. The van der Waals surface area contributed by atoms with Gasteiger partial charge in [0.15, 0.2) is 17.4 Å². The van der Waals surface area contributed by atoms with Crippen LogP contribution in [0.25, 0.3) is 11.3 Å². The maximum absolute atomic E-state index is 13.1. The third kappa shape index (κ3) is 7.59. The van der Waals surface area contributed by atoms with Gasteiger partial charge in [-0.15, -0.1) is 0 Å². The van der Waals surface area contributed by atoms with E-state index in [9.17, 15) is 14.4 Å². The Kier molecular flexibility index (Phi) is 8.37. The average Bonchev–Trinajstić information content (AvgIpc) is 3.17. The van der Waals surface area contributed by atoms with Gasteiger partial charge in [0, 0.05) is 25.7 Å². The van der Waals surface area contributed by atoms with E-state index in [-0.39, 0.29) is 11.6 Å². The first-order valence-corrected chi connectivity index (χ1v) is 12.5. The Balaban J connectivity index is 2.01. The average molecular weight is 538 g/mol. The predicted molar refractivity (Wildman–Crippen MR) is 146 cm³/mol. The summed E-state index contributed by atoms with van der Waals surface area (Å²) in [6.45, 7) is 13.8. The number of ketones is 1. The van der Waals surface area contributed by atoms with Gasteiger partial charge in [-0.2, -0.15) is 10.00 Å². The first kappa shape index (κ1) is 29.2. The fourth-order valence-electron chi connectivity index (χ4n) is 3.41. The second kappa shape index (κ2) is 11.2. The number of nitrogens with zero attached hydrogens (tertiary/aromatic N) is 6. The highest BCUT2D eigenvalue weighted by Crippen LogP contribution is 2.31. The Labute approximate surface area is 227 Å². The lowest BCUT2D eigenvalue weighted by Crippen LogP contribution is -2.44. The molecule has 0 radical (unpaired) electrons. The fourth-order valence-corrected chi connectivity index (χ4v) is 3.41. The van der Waals surface area contributed by atoms with Gasteiger partial charge in [-0.1, -0.05) is 6.92 Å². The van der Waals surface area contributed by atoms with E-state index in [4.69, 9.17) is 9.47 Å². The summed E-state index contributed by atoms with van der Waals surface area (Å²) < 4.78 is 12.5. The minimum Gasteiger partial charge on any atom is -0.443 e. The molecule has 0 atom stereocenters. The number of Topliss-reactive ketones (excluding diaryl/α,β-unsaturated/α-hetero) is 1. The molecule has 12 nitrogen and oxygen atoms in total. The number of imide groups is 1. The molecule has 1 N–H and O–H groups in total. The van der Waals surface area contributed by atoms with Gasteiger partial charge in [0.1, 0.15) is 23.2 Å². The zero-order chi connectivity index (χ0) is 29.1. The zero-order valence-electron chi connectivity index (χ0n) is 23.8. The van der Waals surface area contributed by atoms with E-state index in [1.165, 1.54) is 12.4 Å². The summed E-state index contributed by atoms with van der Waals surface area (Å²) in [6, 6.07) is 3.20. The number of carbonyl (C=O) groups excluding carboxylic acids is 3. The highest BCUT2D eigenvalue weighted by Gasteiger charge is 2.34. The molecule has 3 heterocycles.